The molecule has 0 aliphatic heterocycles. The highest BCUT2D eigenvalue weighted by Crippen LogP contribution is 2.32. The predicted octanol–water partition coefficient (Wildman–Crippen LogP) is 3.55. The second-order valence-electron chi connectivity index (χ2n) is 7.93. The van der Waals surface area contributed by atoms with Crippen molar-refractivity contribution < 1.29 is 35.6 Å². The van der Waals surface area contributed by atoms with E-state index >= 15 is 0 Å². The molecule has 2 rings (SSSR count). The van der Waals surface area contributed by atoms with Gasteiger partial charge >= 0.3 is 6.18 Å². The molecule has 12 heteroatoms. The molecule has 0 aromatic heterocycles. The van der Waals surface area contributed by atoms with Crippen molar-refractivity contribution in [3.05, 3.63) is 65.5 Å². The Morgan fingerprint density at radius 3 is 2.26 bits per heavy atom. The Kier molecular flexibility index (Phi) is 9.24. The van der Waals surface area contributed by atoms with Crippen LogP contribution >= 0.6 is 0 Å². The molecule has 0 unspecified atom stereocenters. The largest absolute Gasteiger partial charge is 0.416 e. The van der Waals surface area contributed by atoms with Gasteiger partial charge < -0.3 is 10.2 Å². The summed E-state index contributed by atoms with van der Waals surface area (Å²) in [6, 6.07) is 7.73. The fourth-order valence-electron chi connectivity index (χ4n) is 3.22. The number of sulfonamides is 1. The average molecular weight is 518 g/mol. The molecule has 0 radical (unpaired) electrons. The number of anilines is 1. The number of halogens is 4. The molecule has 1 atom stereocenters. The fraction of sp³-hybridized carbons (Fsp3) is 0.391. The minimum absolute atomic E-state index is 0.153. The number of amides is 2. The van der Waals surface area contributed by atoms with Crippen LogP contribution in [0.4, 0.5) is 23.2 Å². The molecule has 0 fully saturated rings. The van der Waals surface area contributed by atoms with Crippen LogP contribution in [-0.2, 0) is 32.3 Å². The van der Waals surface area contributed by atoms with E-state index in [1.807, 2.05) is 6.92 Å². The molecule has 2 amide bonds. The summed E-state index contributed by atoms with van der Waals surface area (Å²) in [5, 5.41) is 2.65. The average Bonchev–Trinajstić information content (AvgIpc) is 2.78. The van der Waals surface area contributed by atoms with Gasteiger partial charge in [-0.15, -0.1) is 0 Å². The Labute approximate surface area is 201 Å². The topological polar surface area (TPSA) is 86.8 Å². The standard InChI is InChI=1S/C23H27F4N3O4S/c1-4-12-28-22(32)16(2)29(14-17-8-10-19(24)11-9-17)21(31)15-30(35(3,33)34)20-7-5-6-18(13-20)23(25,26)27/h5-11,13,16H,4,12,14-15H2,1-3H3,(H,28,32)/t16-/m1/s1. The fourth-order valence-corrected chi connectivity index (χ4v) is 4.06. The van der Waals surface area contributed by atoms with Crippen molar-refractivity contribution in [1.29, 1.82) is 0 Å². The maximum absolute atomic E-state index is 13.3. The number of hydrogen-bond acceptors (Lipinski definition) is 4. The predicted molar refractivity (Wildman–Crippen MR) is 123 cm³/mol. The molecule has 0 aliphatic rings. The van der Waals surface area contributed by atoms with Gasteiger partial charge in [0.1, 0.15) is 18.4 Å². The van der Waals surface area contributed by atoms with E-state index in [2.05, 4.69) is 5.32 Å². The van der Waals surface area contributed by atoms with Gasteiger partial charge in [0.15, 0.2) is 0 Å². The van der Waals surface area contributed by atoms with Crippen LogP contribution < -0.4 is 9.62 Å². The first-order valence-electron chi connectivity index (χ1n) is 10.7. The van der Waals surface area contributed by atoms with Crippen LogP contribution in [0, 0.1) is 5.82 Å². The summed E-state index contributed by atoms with van der Waals surface area (Å²) in [5.74, 6) is -1.82. The zero-order valence-electron chi connectivity index (χ0n) is 19.5. The van der Waals surface area contributed by atoms with Crippen LogP contribution in [0.1, 0.15) is 31.4 Å². The SMILES string of the molecule is CCCNC(=O)[C@@H](C)N(Cc1ccc(F)cc1)C(=O)CN(c1cccc(C(F)(F)F)c1)S(C)(=O)=O. The van der Waals surface area contributed by atoms with Crippen molar-refractivity contribution >= 4 is 27.5 Å². The number of nitrogens with one attached hydrogen (secondary N) is 1. The Balaban J connectivity index is 2.41. The van der Waals surface area contributed by atoms with E-state index in [1.54, 1.807) is 0 Å². The summed E-state index contributed by atoms with van der Waals surface area (Å²) in [6.45, 7) is 2.64. The van der Waals surface area contributed by atoms with Crippen molar-refractivity contribution in [3.8, 4) is 0 Å². The summed E-state index contributed by atoms with van der Waals surface area (Å²) in [5.41, 5.74) is -0.952. The van der Waals surface area contributed by atoms with E-state index in [4.69, 9.17) is 0 Å². The summed E-state index contributed by atoms with van der Waals surface area (Å²) in [7, 11) is -4.18. The quantitative estimate of drug-likeness (QED) is 0.489. The van der Waals surface area contributed by atoms with Crippen LogP contribution in [-0.4, -0.2) is 50.5 Å². The lowest BCUT2D eigenvalue weighted by Crippen LogP contribution is -2.51. The van der Waals surface area contributed by atoms with Crippen molar-refractivity contribution in [2.75, 3.05) is 23.7 Å². The lowest BCUT2D eigenvalue weighted by atomic mass is 10.1. The minimum Gasteiger partial charge on any atom is -0.354 e. The highest BCUT2D eigenvalue weighted by atomic mass is 32.2. The summed E-state index contributed by atoms with van der Waals surface area (Å²) in [6.07, 6.45) is -3.31. The third-order valence-corrected chi connectivity index (χ3v) is 6.26. The summed E-state index contributed by atoms with van der Waals surface area (Å²) < 4.78 is 78.3. The second-order valence-corrected chi connectivity index (χ2v) is 9.84. The Morgan fingerprint density at radius 1 is 1.09 bits per heavy atom. The molecule has 2 aromatic carbocycles. The molecule has 0 heterocycles. The van der Waals surface area contributed by atoms with E-state index in [1.165, 1.54) is 31.2 Å². The smallest absolute Gasteiger partial charge is 0.354 e. The van der Waals surface area contributed by atoms with E-state index in [-0.39, 0.29) is 12.2 Å². The first kappa shape index (κ1) is 28.1. The molecule has 0 aliphatic carbocycles. The lowest BCUT2D eigenvalue weighted by molar-refractivity contribution is -0.139. The first-order chi connectivity index (χ1) is 16.2. The molecule has 1 N–H and O–H groups in total. The molecule has 0 saturated heterocycles. The molecule has 0 saturated carbocycles. The second kappa shape index (κ2) is 11.5. The van der Waals surface area contributed by atoms with E-state index in [0.29, 0.717) is 28.9 Å². The van der Waals surface area contributed by atoms with Gasteiger partial charge in [0.05, 0.1) is 17.5 Å². The van der Waals surface area contributed by atoms with Gasteiger partial charge in [0, 0.05) is 13.1 Å². The normalized spacial score (nSPS) is 12.7. The van der Waals surface area contributed by atoms with Gasteiger partial charge in [-0.3, -0.25) is 13.9 Å². The Morgan fingerprint density at radius 2 is 1.71 bits per heavy atom. The summed E-state index contributed by atoms with van der Waals surface area (Å²) >= 11 is 0. The highest BCUT2D eigenvalue weighted by molar-refractivity contribution is 7.92. The van der Waals surface area contributed by atoms with E-state index in [0.717, 1.165) is 29.4 Å². The first-order valence-corrected chi connectivity index (χ1v) is 12.6. The molecular weight excluding hydrogens is 490 g/mol. The van der Waals surface area contributed by atoms with Gasteiger partial charge in [-0.1, -0.05) is 25.1 Å². The third kappa shape index (κ3) is 7.94. The van der Waals surface area contributed by atoms with Crippen molar-refractivity contribution in [2.45, 2.75) is 39.0 Å². The number of alkyl halides is 3. The zero-order valence-corrected chi connectivity index (χ0v) is 20.3. The van der Waals surface area contributed by atoms with E-state index < -0.39 is 52.0 Å². The van der Waals surface area contributed by atoms with Crippen LogP contribution in [0.3, 0.4) is 0 Å². The van der Waals surface area contributed by atoms with Gasteiger partial charge in [0.2, 0.25) is 21.8 Å². The van der Waals surface area contributed by atoms with Gasteiger partial charge in [-0.2, -0.15) is 13.2 Å². The molecule has 7 nitrogen and oxygen atoms in total. The van der Waals surface area contributed by atoms with E-state index in [9.17, 15) is 35.6 Å². The summed E-state index contributed by atoms with van der Waals surface area (Å²) in [4.78, 5) is 27.0. The maximum Gasteiger partial charge on any atom is 0.416 e. The molecule has 192 valence electrons. The van der Waals surface area contributed by atoms with Gasteiger partial charge in [-0.05, 0) is 49.2 Å². The number of benzene rings is 2. The third-order valence-electron chi connectivity index (χ3n) is 5.12. The van der Waals surface area contributed by atoms with Crippen molar-refractivity contribution in [2.24, 2.45) is 0 Å². The zero-order chi connectivity index (χ0) is 26.4. The number of rotatable bonds is 10. The Bertz CT molecular complexity index is 1140. The molecule has 0 spiro atoms. The van der Waals surface area contributed by atoms with Crippen LogP contribution in [0.15, 0.2) is 48.5 Å². The number of hydrogen-bond donors (Lipinski definition) is 1. The van der Waals surface area contributed by atoms with Gasteiger partial charge in [-0.25, -0.2) is 12.8 Å². The highest BCUT2D eigenvalue weighted by Gasteiger charge is 2.33. The maximum atomic E-state index is 13.3. The van der Waals surface area contributed by atoms with Crippen molar-refractivity contribution in [3.63, 3.8) is 0 Å². The lowest BCUT2D eigenvalue weighted by Gasteiger charge is -2.31. The van der Waals surface area contributed by atoms with Crippen molar-refractivity contribution in [1.82, 2.24) is 10.2 Å². The number of carbonyl (C=O) groups is 2. The molecule has 0 bridgehead atoms. The minimum atomic E-state index is -4.72. The van der Waals surface area contributed by atoms with Gasteiger partial charge in [0.25, 0.3) is 0 Å². The number of carbonyl (C=O) groups excluding carboxylic acids is 2. The van der Waals surface area contributed by atoms with Crippen LogP contribution in [0.5, 0.6) is 0 Å². The monoisotopic (exact) mass is 517 g/mol. The molecular formula is C23H27F4N3O4S. The number of nitrogens with zero attached hydrogens (tertiary/aromatic N) is 2. The molecule has 2 aromatic rings. The Hall–Kier alpha value is -3.15. The molecule has 35 heavy (non-hydrogen) atoms. The van der Waals surface area contributed by atoms with Crippen LogP contribution in [0.25, 0.3) is 0 Å². The van der Waals surface area contributed by atoms with Crippen LogP contribution in [0.2, 0.25) is 0 Å².